The van der Waals surface area contributed by atoms with E-state index < -0.39 is 11.8 Å². The molecule has 0 aliphatic heterocycles. The number of aromatic nitrogens is 1. The van der Waals surface area contributed by atoms with Crippen molar-refractivity contribution in [2.45, 2.75) is 33.3 Å². The number of carbonyl (C=O) groups is 1. The summed E-state index contributed by atoms with van der Waals surface area (Å²) in [6.45, 7) is 7.86. The number of nitrogens with zero attached hydrogens (tertiary/aromatic N) is 3. The van der Waals surface area contributed by atoms with Crippen molar-refractivity contribution in [2.75, 3.05) is 11.6 Å². The molecule has 0 saturated carbocycles. The summed E-state index contributed by atoms with van der Waals surface area (Å²) in [5, 5.41) is 14.3. The number of hydrazone groups is 1. The van der Waals surface area contributed by atoms with Gasteiger partial charge in [-0.2, -0.15) is 10.1 Å². The molecule has 0 fully saturated rings. The van der Waals surface area contributed by atoms with Crippen LogP contribution in [0.5, 0.6) is 5.75 Å². The van der Waals surface area contributed by atoms with Crippen molar-refractivity contribution < 1.29 is 23.8 Å². The van der Waals surface area contributed by atoms with Gasteiger partial charge in [-0.1, -0.05) is 13.3 Å². The number of halogens is 1. The molecule has 2 rings (SSSR count). The Morgan fingerprint density at radius 3 is 2.83 bits per heavy atom. The van der Waals surface area contributed by atoms with Crippen molar-refractivity contribution in [1.82, 2.24) is 4.98 Å². The number of rotatable bonds is 11. The third-order valence-electron chi connectivity index (χ3n) is 3.97. The van der Waals surface area contributed by atoms with Crippen molar-refractivity contribution in [1.29, 1.82) is 0 Å². The van der Waals surface area contributed by atoms with Crippen LogP contribution >= 0.6 is 0 Å². The largest absolute Gasteiger partial charge is 0.493 e. The van der Waals surface area contributed by atoms with Crippen LogP contribution in [0.25, 0.3) is 0 Å². The molecule has 154 valence electrons. The van der Waals surface area contributed by atoms with E-state index >= 15 is 0 Å². The Morgan fingerprint density at radius 1 is 1.38 bits per heavy atom. The lowest BCUT2D eigenvalue weighted by atomic mass is 10.2. The minimum absolute atomic E-state index is 0.0595. The molecule has 7 nitrogen and oxygen atoms in total. The molecule has 0 atom stereocenters. The monoisotopic (exact) mass is 401 g/mol. The summed E-state index contributed by atoms with van der Waals surface area (Å²) in [5.74, 6) is -0.528. The maximum atomic E-state index is 13.6. The molecule has 2 aromatic rings. The van der Waals surface area contributed by atoms with Crippen molar-refractivity contribution >= 4 is 18.5 Å². The van der Waals surface area contributed by atoms with Crippen molar-refractivity contribution in [3.63, 3.8) is 0 Å². The van der Waals surface area contributed by atoms with Gasteiger partial charge in [-0.15, -0.1) is 0 Å². The number of anilines is 1. The topological polar surface area (TPSA) is 84.2 Å². The summed E-state index contributed by atoms with van der Waals surface area (Å²) in [6.07, 6.45) is 4.83. The number of hydrogen-bond acceptors (Lipinski definition) is 6. The van der Waals surface area contributed by atoms with Crippen molar-refractivity contribution in [2.24, 2.45) is 5.10 Å². The lowest BCUT2D eigenvalue weighted by molar-refractivity contribution is 0.0696. The molecule has 0 amide bonds. The van der Waals surface area contributed by atoms with E-state index in [0.29, 0.717) is 23.8 Å². The maximum Gasteiger partial charge on any atom is 0.335 e. The smallest absolute Gasteiger partial charge is 0.335 e. The second-order valence-corrected chi connectivity index (χ2v) is 6.03. The number of pyridine rings is 1. The Balaban J connectivity index is 2.18. The average molecular weight is 401 g/mol. The van der Waals surface area contributed by atoms with Gasteiger partial charge in [0.05, 0.1) is 12.2 Å². The fraction of sp³-hybridized carbons (Fsp3) is 0.286. The molecule has 29 heavy (non-hydrogen) atoms. The lowest BCUT2D eigenvalue weighted by Crippen LogP contribution is -2.19. The molecule has 0 bridgehead atoms. The molecule has 1 aromatic carbocycles. The number of unbranched alkanes of at least 4 members (excludes halogenated alkanes) is 1. The van der Waals surface area contributed by atoms with E-state index in [4.69, 9.17) is 9.47 Å². The van der Waals surface area contributed by atoms with Crippen LogP contribution in [0.4, 0.5) is 10.2 Å². The Hall–Kier alpha value is -3.42. The van der Waals surface area contributed by atoms with Crippen LogP contribution in [0.2, 0.25) is 0 Å². The standard InChI is InChI=1S/C21H24FN3O4/c1-4-6-11-28-18-13-17(22)8-7-16(18)14-29-20(5-2)25(23-3)19-12-15(21(26)27)9-10-24-19/h5,7-10,12-13H,3-4,6,11,14H2,1-2H3,(H,26,27)/b20-5+. The van der Waals surface area contributed by atoms with Crippen LogP contribution in [-0.4, -0.2) is 29.4 Å². The second kappa shape index (κ2) is 10.8. The van der Waals surface area contributed by atoms with E-state index in [2.05, 4.69) is 16.8 Å². The molecule has 0 unspecified atom stereocenters. The van der Waals surface area contributed by atoms with Crippen molar-refractivity contribution in [3.8, 4) is 5.75 Å². The predicted octanol–water partition coefficient (Wildman–Crippen LogP) is 4.60. The van der Waals surface area contributed by atoms with E-state index in [1.807, 2.05) is 6.92 Å². The predicted molar refractivity (Wildman–Crippen MR) is 109 cm³/mol. The van der Waals surface area contributed by atoms with E-state index in [1.165, 1.54) is 35.5 Å². The fourth-order valence-electron chi connectivity index (χ4n) is 2.45. The van der Waals surface area contributed by atoms with Gasteiger partial charge in [0.1, 0.15) is 18.2 Å². The SMILES string of the molecule is C=NN(/C(=C\C)OCc1ccc(F)cc1OCCCC)c1cc(C(=O)O)ccn1. The van der Waals surface area contributed by atoms with E-state index in [9.17, 15) is 14.3 Å². The second-order valence-electron chi connectivity index (χ2n) is 6.03. The first-order valence-corrected chi connectivity index (χ1v) is 9.16. The highest BCUT2D eigenvalue weighted by Crippen LogP contribution is 2.25. The zero-order chi connectivity index (χ0) is 21.2. The van der Waals surface area contributed by atoms with Gasteiger partial charge < -0.3 is 14.6 Å². The maximum absolute atomic E-state index is 13.6. The van der Waals surface area contributed by atoms with E-state index in [-0.39, 0.29) is 18.0 Å². The summed E-state index contributed by atoms with van der Waals surface area (Å²) in [7, 11) is 0. The van der Waals surface area contributed by atoms with Crippen LogP contribution in [0.15, 0.2) is 53.6 Å². The molecule has 0 saturated heterocycles. The van der Waals surface area contributed by atoms with Gasteiger partial charge in [0.25, 0.3) is 0 Å². The zero-order valence-corrected chi connectivity index (χ0v) is 16.5. The number of carboxylic acids is 1. The lowest BCUT2D eigenvalue weighted by Gasteiger charge is -2.21. The fourth-order valence-corrected chi connectivity index (χ4v) is 2.45. The highest BCUT2D eigenvalue weighted by Gasteiger charge is 2.16. The molecule has 1 heterocycles. The van der Waals surface area contributed by atoms with Crippen LogP contribution < -0.4 is 9.75 Å². The van der Waals surface area contributed by atoms with Crippen LogP contribution in [0.1, 0.15) is 42.6 Å². The normalized spacial score (nSPS) is 11.1. The molecule has 0 radical (unpaired) electrons. The first kappa shape index (κ1) is 21.9. The minimum atomic E-state index is -1.08. The molecule has 1 aromatic heterocycles. The Bertz CT molecular complexity index is 886. The molecule has 0 aliphatic rings. The highest BCUT2D eigenvalue weighted by molar-refractivity contribution is 5.88. The Morgan fingerprint density at radius 2 is 2.17 bits per heavy atom. The summed E-state index contributed by atoms with van der Waals surface area (Å²) >= 11 is 0. The van der Waals surface area contributed by atoms with Gasteiger partial charge in [-0.05, 0) is 43.7 Å². The van der Waals surface area contributed by atoms with E-state index in [1.54, 1.807) is 19.1 Å². The van der Waals surface area contributed by atoms with Gasteiger partial charge in [0.15, 0.2) is 5.82 Å². The van der Waals surface area contributed by atoms with Crippen LogP contribution in [0.3, 0.4) is 0 Å². The Kier molecular flexibility index (Phi) is 8.14. The number of hydrogen-bond donors (Lipinski definition) is 1. The average Bonchev–Trinajstić information content (AvgIpc) is 2.72. The third-order valence-corrected chi connectivity index (χ3v) is 3.97. The molecule has 0 spiro atoms. The molecular formula is C21H24FN3O4. The summed E-state index contributed by atoms with van der Waals surface area (Å²) in [5.41, 5.74) is 0.724. The summed E-state index contributed by atoms with van der Waals surface area (Å²) < 4.78 is 25.1. The quantitative estimate of drug-likeness (QED) is 0.256. The van der Waals surface area contributed by atoms with Gasteiger partial charge in [-0.25, -0.2) is 14.2 Å². The van der Waals surface area contributed by atoms with Gasteiger partial charge in [0.2, 0.25) is 5.88 Å². The first-order chi connectivity index (χ1) is 14.0. The van der Waals surface area contributed by atoms with Crippen LogP contribution in [-0.2, 0) is 11.3 Å². The van der Waals surface area contributed by atoms with Crippen molar-refractivity contribution in [3.05, 3.63) is 65.4 Å². The summed E-state index contributed by atoms with van der Waals surface area (Å²) in [6, 6.07) is 6.99. The third kappa shape index (κ3) is 6.03. The first-order valence-electron chi connectivity index (χ1n) is 9.16. The van der Waals surface area contributed by atoms with Crippen LogP contribution in [0, 0.1) is 5.82 Å². The minimum Gasteiger partial charge on any atom is -0.493 e. The number of allylic oxidation sites excluding steroid dienone is 1. The van der Waals surface area contributed by atoms with E-state index in [0.717, 1.165) is 12.8 Å². The molecular weight excluding hydrogens is 377 g/mol. The number of aromatic carboxylic acids is 1. The molecule has 8 heteroatoms. The van der Waals surface area contributed by atoms with Gasteiger partial charge >= 0.3 is 5.97 Å². The van der Waals surface area contributed by atoms with Gasteiger partial charge in [-0.3, -0.25) is 0 Å². The molecule has 1 N–H and O–H groups in total. The number of ether oxygens (including phenoxy) is 2. The number of carboxylic acid groups (broad SMARTS) is 1. The Labute approximate surface area is 169 Å². The highest BCUT2D eigenvalue weighted by atomic mass is 19.1. The zero-order valence-electron chi connectivity index (χ0n) is 16.5. The number of benzene rings is 1. The summed E-state index contributed by atoms with van der Waals surface area (Å²) in [4.78, 5) is 15.3. The van der Waals surface area contributed by atoms with Gasteiger partial charge in [0, 0.05) is 24.5 Å². The molecule has 0 aliphatic carbocycles.